The standard InChI is InChI=1S/C10H21N/c1-5-6-10-7-8(2)11(4)9(10)3/h8-10H,5-7H2,1-4H3. The van der Waals surface area contributed by atoms with E-state index in [4.69, 9.17) is 0 Å². The molecule has 1 heterocycles. The summed E-state index contributed by atoms with van der Waals surface area (Å²) < 4.78 is 0. The van der Waals surface area contributed by atoms with Crippen molar-refractivity contribution in [2.24, 2.45) is 5.92 Å². The van der Waals surface area contributed by atoms with Crippen LogP contribution < -0.4 is 0 Å². The van der Waals surface area contributed by atoms with E-state index in [1.807, 2.05) is 0 Å². The monoisotopic (exact) mass is 155 g/mol. The van der Waals surface area contributed by atoms with Crippen molar-refractivity contribution in [1.29, 1.82) is 0 Å². The van der Waals surface area contributed by atoms with Crippen LogP contribution >= 0.6 is 0 Å². The molecule has 0 radical (unpaired) electrons. The third-order valence-corrected chi connectivity index (χ3v) is 3.32. The van der Waals surface area contributed by atoms with Crippen LogP contribution in [0.4, 0.5) is 0 Å². The topological polar surface area (TPSA) is 3.24 Å². The first kappa shape index (κ1) is 9.05. The van der Waals surface area contributed by atoms with Crippen molar-refractivity contribution in [2.45, 2.75) is 52.1 Å². The van der Waals surface area contributed by atoms with E-state index in [9.17, 15) is 0 Å². The summed E-state index contributed by atoms with van der Waals surface area (Å²) in [6.45, 7) is 6.99. The lowest BCUT2D eigenvalue weighted by Gasteiger charge is -2.21. The molecule has 1 nitrogen and oxygen atoms in total. The molecule has 1 heteroatoms. The molecule has 1 rings (SSSR count). The third kappa shape index (κ3) is 1.76. The van der Waals surface area contributed by atoms with E-state index in [2.05, 4.69) is 32.7 Å². The average Bonchev–Trinajstić information content (AvgIpc) is 2.19. The van der Waals surface area contributed by atoms with Crippen LogP contribution in [0.3, 0.4) is 0 Å². The third-order valence-electron chi connectivity index (χ3n) is 3.32. The molecule has 1 saturated heterocycles. The molecule has 0 aromatic rings. The average molecular weight is 155 g/mol. The predicted octanol–water partition coefficient (Wildman–Crippen LogP) is 2.52. The summed E-state index contributed by atoms with van der Waals surface area (Å²) in [6.07, 6.45) is 4.16. The molecule has 0 bridgehead atoms. The molecule has 0 amide bonds. The number of likely N-dealkylation sites (tertiary alicyclic amines) is 1. The molecule has 0 N–H and O–H groups in total. The predicted molar refractivity (Wildman–Crippen MR) is 49.7 cm³/mol. The second-order valence-corrected chi connectivity index (χ2v) is 4.04. The smallest absolute Gasteiger partial charge is 0.00955 e. The van der Waals surface area contributed by atoms with Crippen molar-refractivity contribution in [2.75, 3.05) is 7.05 Å². The summed E-state index contributed by atoms with van der Waals surface area (Å²) in [5.41, 5.74) is 0. The Morgan fingerprint density at radius 1 is 1.36 bits per heavy atom. The Bertz CT molecular complexity index is 122. The Kier molecular flexibility index (Phi) is 2.94. The summed E-state index contributed by atoms with van der Waals surface area (Å²) in [7, 11) is 2.25. The van der Waals surface area contributed by atoms with E-state index in [-0.39, 0.29) is 0 Å². The summed E-state index contributed by atoms with van der Waals surface area (Å²) in [5.74, 6) is 0.958. The lowest BCUT2D eigenvalue weighted by molar-refractivity contribution is 0.245. The minimum absolute atomic E-state index is 0.807. The first-order valence-electron chi connectivity index (χ1n) is 4.88. The number of hydrogen-bond donors (Lipinski definition) is 0. The summed E-state index contributed by atoms with van der Waals surface area (Å²) in [4.78, 5) is 2.51. The van der Waals surface area contributed by atoms with Crippen molar-refractivity contribution in [3.8, 4) is 0 Å². The SMILES string of the molecule is CCCC1CC(C)N(C)C1C. The molecule has 66 valence electrons. The Balaban J connectivity index is 2.45. The molecule has 0 aromatic carbocycles. The lowest BCUT2D eigenvalue weighted by Crippen LogP contribution is -2.29. The highest BCUT2D eigenvalue weighted by atomic mass is 15.2. The molecule has 0 aromatic heterocycles. The normalized spacial score (nSPS) is 39.8. The van der Waals surface area contributed by atoms with Crippen molar-refractivity contribution in [3.05, 3.63) is 0 Å². The van der Waals surface area contributed by atoms with Gasteiger partial charge in [0, 0.05) is 12.1 Å². The first-order chi connectivity index (χ1) is 5.16. The van der Waals surface area contributed by atoms with Crippen LogP contribution in [0.2, 0.25) is 0 Å². The van der Waals surface area contributed by atoms with E-state index in [0.29, 0.717) is 0 Å². The van der Waals surface area contributed by atoms with Gasteiger partial charge in [-0.15, -0.1) is 0 Å². The number of nitrogens with zero attached hydrogens (tertiary/aromatic N) is 1. The van der Waals surface area contributed by atoms with Gasteiger partial charge in [0.1, 0.15) is 0 Å². The Morgan fingerprint density at radius 2 is 2.00 bits per heavy atom. The molecule has 3 unspecified atom stereocenters. The van der Waals surface area contributed by atoms with Gasteiger partial charge in [-0.3, -0.25) is 0 Å². The van der Waals surface area contributed by atoms with Gasteiger partial charge in [0.15, 0.2) is 0 Å². The zero-order valence-electron chi connectivity index (χ0n) is 8.30. The molecular weight excluding hydrogens is 134 g/mol. The van der Waals surface area contributed by atoms with Crippen molar-refractivity contribution < 1.29 is 0 Å². The van der Waals surface area contributed by atoms with Gasteiger partial charge in [-0.05, 0) is 39.7 Å². The van der Waals surface area contributed by atoms with Crippen LogP contribution in [0.1, 0.15) is 40.0 Å². The second-order valence-electron chi connectivity index (χ2n) is 4.04. The van der Waals surface area contributed by atoms with Crippen LogP contribution in [-0.2, 0) is 0 Å². The van der Waals surface area contributed by atoms with Crippen LogP contribution in [0.5, 0.6) is 0 Å². The second kappa shape index (κ2) is 3.57. The van der Waals surface area contributed by atoms with Gasteiger partial charge in [0.2, 0.25) is 0 Å². The van der Waals surface area contributed by atoms with Crippen molar-refractivity contribution in [1.82, 2.24) is 4.90 Å². The summed E-state index contributed by atoms with van der Waals surface area (Å²) in [6, 6.07) is 1.62. The lowest BCUT2D eigenvalue weighted by atomic mass is 9.95. The van der Waals surface area contributed by atoms with Gasteiger partial charge in [-0.1, -0.05) is 13.3 Å². The maximum Gasteiger partial charge on any atom is 0.00955 e. The highest BCUT2D eigenvalue weighted by Gasteiger charge is 2.32. The quantitative estimate of drug-likeness (QED) is 0.592. The van der Waals surface area contributed by atoms with Gasteiger partial charge in [-0.2, -0.15) is 0 Å². The Hall–Kier alpha value is -0.0400. The molecule has 11 heavy (non-hydrogen) atoms. The molecule has 0 aliphatic carbocycles. The maximum atomic E-state index is 2.51. The van der Waals surface area contributed by atoms with Crippen LogP contribution in [0.15, 0.2) is 0 Å². The van der Waals surface area contributed by atoms with E-state index >= 15 is 0 Å². The van der Waals surface area contributed by atoms with E-state index in [1.165, 1.54) is 19.3 Å². The van der Waals surface area contributed by atoms with Gasteiger partial charge in [-0.25, -0.2) is 0 Å². The van der Waals surface area contributed by atoms with E-state index in [0.717, 1.165) is 18.0 Å². The maximum absolute atomic E-state index is 2.51. The van der Waals surface area contributed by atoms with Gasteiger partial charge in [0.05, 0.1) is 0 Å². The largest absolute Gasteiger partial charge is 0.301 e. The van der Waals surface area contributed by atoms with Crippen LogP contribution in [0, 0.1) is 5.92 Å². The van der Waals surface area contributed by atoms with Crippen LogP contribution in [0.25, 0.3) is 0 Å². The molecule has 0 saturated carbocycles. The molecule has 3 atom stereocenters. The first-order valence-corrected chi connectivity index (χ1v) is 4.88. The van der Waals surface area contributed by atoms with Gasteiger partial charge < -0.3 is 4.90 Å². The van der Waals surface area contributed by atoms with Gasteiger partial charge in [0.25, 0.3) is 0 Å². The van der Waals surface area contributed by atoms with Crippen LogP contribution in [-0.4, -0.2) is 24.0 Å². The molecule has 0 spiro atoms. The highest BCUT2D eigenvalue weighted by molar-refractivity contribution is 4.86. The minimum Gasteiger partial charge on any atom is -0.301 e. The molecule has 1 aliphatic rings. The zero-order valence-corrected chi connectivity index (χ0v) is 8.30. The fourth-order valence-electron chi connectivity index (χ4n) is 2.27. The highest BCUT2D eigenvalue weighted by Crippen LogP contribution is 2.30. The van der Waals surface area contributed by atoms with E-state index in [1.54, 1.807) is 0 Å². The Labute approximate surface area is 70.8 Å². The molecular formula is C10H21N. The zero-order chi connectivity index (χ0) is 8.43. The number of rotatable bonds is 2. The summed E-state index contributed by atoms with van der Waals surface area (Å²) in [5, 5.41) is 0. The Morgan fingerprint density at radius 3 is 2.36 bits per heavy atom. The fraction of sp³-hybridized carbons (Fsp3) is 1.00. The fourth-order valence-corrected chi connectivity index (χ4v) is 2.27. The summed E-state index contributed by atoms with van der Waals surface area (Å²) >= 11 is 0. The number of hydrogen-bond acceptors (Lipinski definition) is 1. The van der Waals surface area contributed by atoms with Crippen molar-refractivity contribution in [3.63, 3.8) is 0 Å². The van der Waals surface area contributed by atoms with E-state index < -0.39 is 0 Å². The minimum atomic E-state index is 0.807. The molecule has 1 aliphatic heterocycles. The molecule has 1 fully saturated rings. The van der Waals surface area contributed by atoms with Gasteiger partial charge >= 0.3 is 0 Å². The van der Waals surface area contributed by atoms with Crippen molar-refractivity contribution >= 4 is 0 Å².